The van der Waals surface area contributed by atoms with Crippen LogP contribution in [0.1, 0.15) is 40.0 Å². The maximum absolute atomic E-state index is 11.3. The number of esters is 1. The molecule has 82 valence electrons. The summed E-state index contributed by atoms with van der Waals surface area (Å²) >= 11 is 0. The van der Waals surface area contributed by atoms with Gasteiger partial charge in [0.15, 0.2) is 0 Å². The predicted octanol–water partition coefficient (Wildman–Crippen LogP) is 1.72. The van der Waals surface area contributed by atoms with E-state index >= 15 is 0 Å². The van der Waals surface area contributed by atoms with Crippen LogP contribution in [0.2, 0.25) is 0 Å². The Morgan fingerprint density at radius 1 is 1.50 bits per heavy atom. The van der Waals surface area contributed by atoms with Gasteiger partial charge in [-0.3, -0.25) is 4.79 Å². The Balaban J connectivity index is 2.29. The van der Waals surface area contributed by atoms with E-state index in [1.807, 2.05) is 6.92 Å². The molecule has 1 atom stereocenters. The van der Waals surface area contributed by atoms with Crippen LogP contribution in [-0.2, 0) is 9.53 Å². The summed E-state index contributed by atoms with van der Waals surface area (Å²) in [6.45, 7) is 6.60. The van der Waals surface area contributed by atoms with Crippen LogP contribution in [0, 0.1) is 5.92 Å². The first kappa shape index (κ1) is 11.5. The van der Waals surface area contributed by atoms with E-state index in [1.165, 1.54) is 12.8 Å². The number of ether oxygens (including phenoxy) is 1. The average molecular weight is 199 g/mol. The molecule has 1 aliphatic rings. The zero-order valence-electron chi connectivity index (χ0n) is 9.38. The van der Waals surface area contributed by atoms with Crippen LogP contribution in [0.15, 0.2) is 0 Å². The molecule has 1 unspecified atom stereocenters. The molecule has 14 heavy (non-hydrogen) atoms. The molecular weight excluding hydrogens is 178 g/mol. The van der Waals surface area contributed by atoms with E-state index in [0.29, 0.717) is 25.0 Å². The molecular formula is C11H21NO2. The Hall–Kier alpha value is -0.570. The summed E-state index contributed by atoms with van der Waals surface area (Å²) in [6, 6.07) is 0.929. The molecule has 1 rings (SSSR count). The van der Waals surface area contributed by atoms with Crippen LogP contribution in [-0.4, -0.2) is 24.7 Å². The van der Waals surface area contributed by atoms with Gasteiger partial charge in [-0.05, 0) is 25.7 Å². The van der Waals surface area contributed by atoms with Gasteiger partial charge in [-0.2, -0.15) is 0 Å². The quantitative estimate of drug-likeness (QED) is 0.662. The SMILES string of the molecule is CCOC(=O)CC(NC1CC1)C(C)C. The first-order chi connectivity index (χ1) is 6.63. The van der Waals surface area contributed by atoms with Gasteiger partial charge in [0.05, 0.1) is 13.0 Å². The van der Waals surface area contributed by atoms with Gasteiger partial charge in [-0.1, -0.05) is 13.8 Å². The van der Waals surface area contributed by atoms with Gasteiger partial charge in [-0.25, -0.2) is 0 Å². The third-order valence-electron chi connectivity index (χ3n) is 2.52. The van der Waals surface area contributed by atoms with Crippen molar-refractivity contribution in [1.29, 1.82) is 0 Å². The highest BCUT2D eigenvalue weighted by Gasteiger charge is 2.27. The Morgan fingerprint density at radius 2 is 2.14 bits per heavy atom. The van der Waals surface area contributed by atoms with Crippen molar-refractivity contribution in [3.63, 3.8) is 0 Å². The number of hydrogen-bond acceptors (Lipinski definition) is 3. The predicted molar refractivity (Wildman–Crippen MR) is 56.0 cm³/mol. The van der Waals surface area contributed by atoms with Gasteiger partial charge in [0.1, 0.15) is 0 Å². The molecule has 0 amide bonds. The van der Waals surface area contributed by atoms with Crippen molar-refractivity contribution in [2.75, 3.05) is 6.61 Å². The van der Waals surface area contributed by atoms with Crippen LogP contribution in [0.3, 0.4) is 0 Å². The topological polar surface area (TPSA) is 38.3 Å². The van der Waals surface area contributed by atoms with Crippen molar-refractivity contribution in [3.05, 3.63) is 0 Å². The Labute approximate surface area is 86.2 Å². The number of rotatable bonds is 6. The minimum absolute atomic E-state index is 0.0839. The summed E-state index contributed by atoms with van der Waals surface area (Å²) in [6.07, 6.45) is 3.01. The van der Waals surface area contributed by atoms with Crippen molar-refractivity contribution in [2.24, 2.45) is 5.92 Å². The summed E-state index contributed by atoms with van der Waals surface area (Å²) in [7, 11) is 0. The molecule has 0 heterocycles. The second-order valence-corrected chi connectivity index (χ2v) is 4.30. The van der Waals surface area contributed by atoms with Crippen molar-refractivity contribution in [1.82, 2.24) is 5.32 Å². The molecule has 1 aliphatic carbocycles. The normalized spacial score (nSPS) is 18.3. The Morgan fingerprint density at radius 3 is 2.57 bits per heavy atom. The third-order valence-corrected chi connectivity index (χ3v) is 2.52. The van der Waals surface area contributed by atoms with Crippen molar-refractivity contribution < 1.29 is 9.53 Å². The van der Waals surface area contributed by atoms with Crippen molar-refractivity contribution >= 4 is 5.97 Å². The number of hydrogen-bond donors (Lipinski definition) is 1. The lowest BCUT2D eigenvalue weighted by Crippen LogP contribution is -2.37. The highest BCUT2D eigenvalue weighted by molar-refractivity contribution is 5.70. The minimum atomic E-state index is -0.0839. The highest BCUT2D eigenvalue weighted by Crippen LogP contribution is 2.22. The molecule has 1 N–H and O–H groups in total. The zero-order valence-corrected chi connectivity index (χ0v) is 9.38. The van der Waals surface area contributed by atoms with E-state index in [-0.39, 0.29) is 12.0 Å². The van der Waals surface area contributed by atoms with Gasteiger partial charge in [0.2, 0.25) is 0 Å². The molecule has 1 fully saturated rings. The first-order valence-corrected chi connectivity index (χ1v) is 5.55. The summed E-state index contributed by atoms with van der Waals surface area (Å²) in [5.74, 6) is 0.402. The van der Waals surface area contributed by atoms with E-state index in [2.05, 4.69) is 19.2 Å². The van der Waals surface area contributed by atoms with Crippen LogP contribution in [0.25, 0.3) is 0 Å². The lowest BCUT2D eigenvalue weighted by atomic mass is 10.0. The Bertz CT molecular complexity index is 188. The van der Waals surface area contributed by atoms with Crippen molar-refractivity contribution in [3.8, 4) is 0 Å². The summed E-state index contributed by atoms with van der Waals surface area (Å²) in [5, 5.41) is 3.48. The van der Waals surface area contributed by atoms with E-state index in [1.54, 1.807) is 0 Å². The molecule has 0 aliphatic heterocycles. The fourth-order valence-corrected chi connectivity index (χ4v) is 1.44. The second kappa shape index (κ2) is 5.35. The molecule has 0 spiro atoms. The molecule has 0 aromatic heterocycles. The average Bonchev–Trinajstić information content (AvgIpc) is 2.87. The van der Waals surface area contributed by atoms with E-state index in [4.69, 9.17) is 4.74 Å². The summed E-state index contributed by atoms with van der Waals surface area (Å²) in [4.78, 5) is 11.3. The van der Waals surface area contributed by atoms with E-state index in [0.717, 1.165) is 0 Å². The maximum Gasteiger partial charge on any atom is 0.307 e. The number of carbonyl (C=O) groups is 1. The van der Waals surface area contributed by atoms with Gasteiger partial charge in [0, 0.05) is 12.1 Å². The van der Waals surface area contributed by atoms with Crippen molar-refractivity contribution in [2.45, 2.75) is 52.1 Å². The second-order valence-electron chi connectivity index (χ2n) is 4.30. The molecule has 1 saturated carbocycles. The van der Waals surface area contributed by atoms with Crippen LogP contribution in [0.5, 0.6) is 0 Å². The molecule has 0 radical (unpaired) electrons. The summed E-state index contributed by atoms with van der Waals surface area (Å²) < 4.78 is 4.95. The van der Waals surface area contributed by atoms with Crippen LogP contribution < -0.4 is 5.32 Å². The monoisotopic (exact) mass is 199 g/mol. The third kappa shape index (κ3) is 4.09. The number of carbonyl (C=O) groups excluding carboxylic acids is 1. The lowest BCUT2D eigenvalue weighted by molar-refractivity contribution is -0.144. The maximum atomic E-state index is 11.3. The fraction of sp³-hybridized carbons (Fsp3) is 0.909. The molecule has 3 nitrogen and oxygen atoms in total. The van der Waals surface area contributed by atoms with Crippen LogP contribution in [0.4, 0.5) is 0 Å². The van der Waals surface area contributed by atoms with Crippen LogP contribution >= 0.6 is 0 Å². The zero-order chi connectivity index (χ0) is 10.6. The minimum Gasteiger partial charge on any atom is -0.466 e. The molecule has 0 bridgehead atoms. The summed E-state index contributed by atoms with van der Waals surface area (Å²) in [5.41, 5.74) is 0. The van der Waals surface area contributed by atoms with Gasteiger partial charge in [-0.15, -0.1) is 0 Å². The molecule has 0 aromatic carbocycles. The standard InChI is InChI=1S/C11H21NO2/c1-4-14-11(13)7-10(8(2)3)12-9-5-6-9/h8-10,12H,4-7H2,1-3H3. The van der Waals surface area contributed by atoms with Gasteiger partial charge in [0.25, 0.3) is 0 Å². The number of nitrogens with one attached hydrogen (secondary N) is 1. The largest absolute Gasteiger partial charge is 0.466 e. The molecule has 3 heteroatoms. The fourth-order valence-electron chi connectivity index (χ4n) is 1.44. The smallest absolute Gasteiger partial charge is 0.307 e. The highest BCUT2D eigenvalue weighted by atomic mass is 16.5. The van der Waals surface area contributed by atoms with Gasteiger partial charge < -0.3 is 10.1 Å². The first-order valence-electron chi connectivity index (χ1n) is 5.55. The van der Waals surface area contributed by atoms with E-state index in [9.17, 15) is 4.79 Å². The molecule has 0 saturated heterocycles. The molecule has 0 aromatic rings. The lowest BCUT2D eigenvalue weighted by Gasteiger charge is -2.21. The van der Waals surface area contributed by atoms with E-state index < -0.39 is 0 Å². The Kier molecular flexibility index (Phi) is 4.39. The van der Waals surface area contributed by atoms with Gasteiger partial charge >= 0.3 is 5.97 Å².